The minimum absolute atomic E-state index is 0.279. The summed E-state index contributed by atoms with van der Waals surface area (Å²) in [5.41, 5.74) is 0. The second-order valence-electron chi connectivity index (χ2n) is 2.27. The fourth-order valence-corrected chi connectivity index (χ4v) is 2.28. The third-order valence-electron chi connectivity index (χ3n) is 1.33. The van der Waals surface area contributed by atoms with Gasteiger partial charge in [0.15, 0.2) is 0 Å². The first-order valence-corrected chi connectivity index (χ1v) is 8.01. The van der Waals surface area contributed by atoms with E-state index in [1.165, 1.54) is 6.92 Å². The average molecular weight is 229 g/mol. The molecule has 0 rings (SSSR count). The van der Waals surface area contributed by atoms with Crippen molar-refractivity contribution in [3.63, 3.8) is 0 Å². The Kier molecular flexibility index (Phi) is 5.32. The van der Waals surface area contributed by atoms with E-state index in [-0.39, 0.29) is 24.6 Å². The van der Waals surface area contributed by atoms with Crippen molar-refractivity contribution in [3.8, 4) is 0 Å². The fraction of sp³-hybridized carbons (Fsp3) is 1.00. The highest BCUT2D eigenvalue weighted by atomic mass is 79.9. The predicted octanol–water partition coefficient (Wildman–Crippen LogP) is 3.01. The summed E-state index contributed by atoms with van der Waals surface area (Å²) in [6, 6.07) is 0. The van der Waals surface area contributed by atoms with Gasteiger partial charge in [-0.3, -0.25) is 0 Å². The molecule has 0 heterocycles. The molecule has 0 aromatic heterocycles. The summed E-state index contributed by atoms with van der Waals surface area (Å²) in [7, 11) is 0. The first kappa shape index (κ1) is 11.0. The van der Waals surface area contributed by atoms with Gasteiger partial charge in [0, 0.05) is 5.92 Å². The summed E-state index contributed by atoms with van der Waals surface area (Å²) in [6.45, 7) is 1.23. The van der Waals surface area contributed by atoms with Crippen LogP contribution in [0.3, 0.4) is 0 Å². The van der Waals surface area contributed by atoms with Crippen LogP contribution in [-0.4, -0.2) is 24.4 Å². The molecule has 5 heteroatoms. The van der Waals surface area contributed by atoms with Crippen LogP contribution in [0.1, 0.15) is 13.3 Å². The largest absolute Gasteiger partial charge is 0.468 e. The monoisotopic (exact) mass is 228 g/mol. The third kappa shape index (κ3) is 4.79. The van der Waals surface area contributed by atoms with Crippen molar-refractivity contribution in [3.05, 3.63) is 0 Å². The minimum atomic E-state index is -3.99. The van der Waals surface area contributed by atoms with Crippen molar-refractivity contribution in [2.24, 2.45) is 5.92 Å². The molecule has 1 atom stereocenters. The molecule has 0 aromatic carbocycles. The van der Waals surface area contributed by atoms with E-state index in [1.54, 1.807) is 0 Å². The molecule has 0 aliphatic carbocycles. The Morgan fingerprint density at radius 3 is 2.30 bits per heavy atom. The zero-order valence-corrected chi connectivity index (χ0v) is 8.71. The highest BCUT2D eigenvalue weighted by molar-refractivity contribution is 9.23. The van der Waals surface area contributed by atoms with E-state index in [0.717, 1.165) is 4.55 Å². The van der Waals surface area contributed by atoms with E-state index in [2.05, 4.69) is 12.9 Å². The zero-order chi connectivity index (χ0) is 8.20. The Labute approximate surface area is 74.1 Å². The van der Waals surface area contributed by atoms with Gasteiger partial charge in [-0.15, -0.1) is 4.55 Å². The summed E-state index contributed by atoms with van der Waals surface area (Å²) in [5.74, 6) is -1.13. The number of halogens is 4. The average Bonchev–Trinajstić information content (AvgIpc) is 1.80. The molecule has 0 saturated heterocycles. The van der Waals surface area contributed by atoms with Gasteiger partial charge in [0.25, 0.3) is 0 Å². The van der Waals surface area contributed by atoms with Crippen LogP contribution in [0.15, 0.2) is 0 Å². The van der Waals surface area contributed by atoms with Crippen LogP contribution in [0.2, 0.25) is 4.55 Å². The van der Waals surface area contributed by atoms with Crippen molar-refractivity contribution in [1.29, 1.82) is 0 Å². The lowest BCUT2D eigenvalue weighted by Crippen LogP contribution is -2.19. The molecule has 10 heavy (non-hydrogen) atoms. The number of hydrogen-bond acceptors (Lipinski definition) is 0. The van der Waals surface area contributed by atoms with E-state index >= 15 is 0 Å². The Morgan fingerprint density at radius 2 is 2.00 bits per heavy atom. The van der Waals surface area contributed by atoms with Gasteiger partial charge in [-0.1, -0.05) is 13.3 Å². The van der Waals surface area contributed by atoms with Gasteiger partial charge in [-0.05, 0) is 0 Å². The standard InChI is InChI=1S/C5H8F3.BrH.Mg/c1-3-4(2)5(6,7)8;;/h4H,1,3H2,2H3;1H;/q;;+1/p-1. The van der Waals surface area contributed by atoms with Crippen molar-refractivity contribution < 1.29 is 13.2 Å². The number of rotatable bonds is 3. The SMILES string of the molecule is CC(C[CH2][Mg][Br])C(F)(F)F. The van der Waals surface area contributed by atoms with Crippen molar-refractivity contribution in [2.45, 2.75) is 24.1 Å². The van der Waals surface area contributed by atoms with E-state index in [0.29, 0.717) is 0 Å². The maximum absolute atomic E-state index is 11.8. The topological polar surface area (TPSA) is 0 Å². The van der Waals surface area contributed by atoms with Crippen LogP contribution in [0.4, 0.5) is 13.2 Å². The summed E-state index contributed by atoms with van der Waals surface area (Å²) in [4.78, 5) is 0. The van der Waals surface area contributed by atoms with Crippen molar-refractivity contribution in [1.82, 2.24) is 0 Å². The third-order valence-corrected chi connectivity index (χ3v) is 3.69. The van der Waals surface area contributed by atoms with E-state index in [1.807, 2.05) is 0 Å². The molecule has 0 bridgehead atoms. The zero-order valence-electron chi connectivity index (χ0n) is 5.71. The van der Waals surface area contributed by atoms with E-state index in [4.69, 9.17) is 0 Å². The summed E-state index contributed by atoms with van der Waals surface area (Å²) < 4.78 is 36.0. The second-order valence-corrected chi connectivity index (χ2v) is 5.74. The number of hydrogen-bond donors (Lipinski definition) is 0. The van der Waals surface area contributed by atoms with Crippen LogP contribution in [0.25, 0.3) is 0 Å². The van der Waals surface area contributed by atoms with Crippen LogP contribution < -0.4 is 0 Å². The molecule has 0 aliphatic rings. The lowest BCUT2D eigenvalue weighted by molar-refractivity contribution is -0.169. The van der Waals surface area contributed by atoms with Gasteiger partial charge in [-0.2, -0.15) is 13.2 Å². The molecule has 58 valence electrons. The smallest absolute Gasteiger partial charge is 0.307 e. The fourth-order valence-electron chi connectivity index (χ4n) is 0.547. The quantitative estimate of drug-likeness (QED) is 0.653. The normalized spacial score (nSPS) is 14.5. The highest BCUT2D eigenvalue weighted by Crippen LogP contribution is 2.29. The van der Waals surface area contributed by atoms with Gasteiger partial charge >= 0.3 is 24.4 Å². The number of alkyl halides is 3. The maximum atomic E-state index is 11.8. The van der Waals surface area contributed by atoms with E-state index in [9.17, 15) is 13.2 Å². The van der Waals surface area contributed by atoms with Gasteiger partial charge in [-0.25, -0.2) is 0 Å². The van der Waals surface area contributed by atoms with Gasteiger partial charge in [0.05, 0.1) is 0 Å². The lowest BCUT2D eigenvalue weighted by Gasteiger charge is -2.13. The summed E-state index contributed by atoms with van der Waals surface area (Å²) >= 11 is 2.84. The molecular weight excluding hydrogens is 221 g/mol. The van der Waals surface area contributed by atoms with Crippen LogP contribution in [0.5, 0.6) is 0 Å². The Morgan fingerprint density at radius 1 is 1.50 bits per heavy atom. The molecular formula is C5H8BrF3Mg. The lowest BCUT2D eigenvalue weighted by atomic mass is 10.1. The second kappa shape index (κ2) is 4.82. The van der Waals surface area contributed by atoms with Gasteiger partial charge in [0.2, 0.25) is 0 Å². The molecule has 0 nitrogen and oxygen atoms in total. The molecule has 0 fully saturated rings. The van der Waals surface area contributed by atoms with Crippen LogP contribution >= 0.6 is 12.9 Å². The Bertz CT molecular complexity index is 93.4. The molecule has 0 aliphatic heterocycles. The van der Waals surface area contributed by atoms with Gasteiger partial charge in [0.1, 0.15) is 0 Å². The molecule has 0 N–H and O–H groups in total. The summed E-state index contributed by atoms with van der Waals surface area (Å²) in [6.07, 6.45) is -3.71. The molecule has 0 radical (unpaired) electrons. The Hall–Kier alpha value is 1.04. The van der Waals surface area contributed by atoms with Crippen LogP contribution in [-0.2, 0) is 0 Å². The maximum Gasteiger partial charge on any atom is 0.468 e. The molecule has 0 spiro atoms. The van der Waals surface area contributed by atoms with Gasteiger partial charge < -0.3 is 12.9 Å². The molecule has 1 unspecified atom stereocenters. The first-order valence-electron chi connectivity index (χ1n) is 3.11. The molecule has 0 amide bonds. The Balaban J connectivity index is 3.52. The van der Waals surface area contributed by atoms with Crippen molar-refractivity contribution >= 4 is 31.1 Å². The molecule has 0 aromatic rings. The molecule has 0 saturated carbocycles. The minimum Gasteiger partial charge on any atom is -0.307 e. The van der Waals surface area contributed by atoms with E-state index < -0.39 is 12.1 Å². The summed E-state index contributed by atoms with van der Waals surface area (Å²) in [5, 5.41) is 0. The van der Waals surface area contributed by atoms with Crippen molar-refractivity contribution in [2.75, 3.05) is 0 Å². The highest BCUT2D eigenvalue weighted by Gasteiger charge is 2.34. The first-order chi connectivity index (χ1) is 4.48. The van der Waals surface area contributed by atoms with Crippen LogP contribution in [0, 0.1) is 5.92 Å². The predicted molar refractivity (Wildman–Crippen MR) is 39.3 cm³/mol.